The van der Waals surface area contributed by atoms with E-state index in [0.717, 1.165) is 19.6 Å². The third kappa shape index (κ3) is 4.40. The number of Topliss-reactive ketones (excluding diaryl/α,β-unsaturated/α-hetero) is 1. The fourth-order valence-electron chi connectivity index (χ4n) is 3.78. The zero-order valence-electron chi connectivity index (χ0n) is 13.8. The fraction of sp³-hybridized carbons (Fsp3) is 0.588. The SMILES string of the molecule is O=C(CCN1CC[N+]2(CCCC2)CC1)c1ccc([N+](=O)[O-])cc1.[Br-]. The Hall–Kier alpha value is -1.31. The number of rotatable bonds is 5. The van der Waals surface area contributed by atoms with Gasteiger partial charge in [0.05, 0.1) is 31.1 Å². The summed E-state index contributed by atoms with van der Waals surface area (Å²) in [5, 5.41) is 10.6. The summed E-state index contributed by atoms with van der Waals surface area (Å²) in [5.74, 6) is 0.0653. The molecule has 0 radical (unpaired) electrons. The maximum absolute atomic E-state index is 12.2. The van der Waals surface area contributed by atoms with Gasteiger partial charge in [-0.15, -0.1) is 0 Å². The number of halogens is 1. The number of hydrogen-bond donors (Lipinski definition) is 0. The summed E-state index contributed by atoms with van der Waals surface area (Å²) in [6, 6.07) is 5.91. The van der Waals surface area contributed by atoms with Gasteiger partial charge in [-0.05, 0) is 12.1 Å². The first-order valence-electron chi connectivity index (χ1n) is 8.43. The molecule has 2 fully saturated rings. The number of nitro groups is 1. The minimum atomic E-state index is -0.445. The number of nitrogens with zero attached hydrogens (tertiary/aromatic N) is 3. The Morgan fingerprint density at radius 2 is 1.67 bits per heavy atom. The van der Waals surface area contributed by atoms with Crippen LogP contribution in [0.3, 0.4) is 0 Å². The molecule has 2 aliphatic heterocycles. The molecule has 0 aliphatic carbocycles. The second-order valence-electron chi connectivity index (χ2n) is 6.76. The molecule has 1 spiro atoms. The molecule has 0 atom stereocenters. The Bertz CT molecular complexity index is 575. The summed E-state index contributed by atoms with van der Waals surface area (Å²) in [6.45, 7) is 8.03. The molecule has 3 rings (SSSR count). The molecule has 2 aliphatic rings. The van der Waals surface area contributed by atoms with Crippen molar-refractivity contribution >= 4 is 11.5 Å². The van der Waals surface area contributed by atoms with Crippen molar-refractivity contribution < 1.29 is 31.2 Å². The predicted octanol–water partition coefficient (Wildman–Crippen LogP) is -0.902. The van der Waals surface area contributed by atoms with Gasteiger partial charge in [-0.25, -0.2) is 0 Å². The minimum absolute atomic E-state index is 0. The molecule has 0 aromatic heterocycles. The van der Waals surface area contributed by atoms with E-state index in [9.17, 15) is 14.9 Å². The van der Waals surface area contributed by atoms with E-state index in [1.54, 1.807) is 12.1 Å². The van der Waals surface area contributed by atoms with E-state index in [1.165, 1.54) is 55.6 Å². The number of nitro benzene ring substituents is 1. The molecule has 0 N–H and O–H groups in total. The van der Waals surface area contributed by atoms with Crippen LogP contribution in [0.2, 0.25) is 0 Å². The van der Waals surface area contributed by atoms with E-state index < -0.39 is 4.92 Å². The van der Waals surface area contributed by atoms with Gasteiger partial charge in [0.2, 0.25) is 0 Å². The maximum Gasteiger partial charge on any atom is 0.269 e. The lowest BCUT2D eigenvalue weighted by atomic mass is 10.1. The average molecular weight is 398 g/mol. The maximum atomic E-state index is 12.2. The first-order valence-corrected chi connectivity index (χ1v) is 8.43. The van der Waals surface area contributed by atoms with Crippen molar-refractivity contribution in [3.63, 3.8) is 0 Å². The zero-order valence-corrected chi connectivity index (χ0v) is 15.4. The number of benzene rings is 1. The Kier molecular flexibility index (Phi) is 6.48. The first kappa shape index (κ1) is 19.0. The van der Waals surface area contributed by atoms with Crippen molar-refractivity contribution in [3.05, 3.63) is 39.9 Å². The molecule has 0 bridgehead atoms. The Morgan fingerprint density at radius 3 is 2.21 bits per heavy atom. The molecule has 6 nitrogen and oxygen atoms in total. The summed E-state index contributed by atoms with van der Waals surface area (Å²) in [5.41, 5.74) is 0.591. The highest BCUT2D eigenvalue weighted by Gasteiger charge is 2.35. The smallest absolute Gasteiger partial charge is 0.269 e. The van der Waals surface area contributed by atoms with Crippen LogP contribution < -0.4 is 17.0 Å². The number of ketones is 1. The van der Waals surface area contributed by atoms with Crippen molar-refractivity contribution in [2.75, 3.05) is 45.8 Å². The van der Waals surface area contributed by atoms with Gasteiger partial charge < -0.3 is 21.5 Å². The van der Waals surface area contributed by atoms with Gasteiger partial charge in [-0.2, -0.15) is 0 Å². The van der Waals surface area contributed by atoms with Gasteiger partial charge in [-0.1, -0.05) is 0 Å². The van der Waals surface area contributed by atoms with Crippen molar-refractivity contribution in [2.45, 2.75) is 19.3 Å². The number of carbonyl (C=O) groups is 1. The van der Waals surface area contributed by atoms with Gasteiger partial charge in [0.15, 0.2) is 5.78 Å². The quantitative estimate of drug-likeness (QED) is 0.279. The molecule has 0 amide bonds. The largest absolute Gasteiger partial charge is 1.00 e. The number of carbonyl (C=O) groups excluding carboxylic acids is 1. The van der Waals surface area contributed by atoms with Crippen LogP contribution in [-0.2, 0) is 0 Å². The fourth-order valence-corrected chi connectivity index (χ4v) is 3.78. The Balaban J connectivity index is 0.00000208. The van der Waals surface area contributed by atoms with E-state index >= 15 is 0 Å². The highest BCUT2D eigenvalue weighted by molar-refractivity contribution is 5.96. The Labute approximate surface area is 152 Å². The van der Waals surface area contributed by atoms with Crippen molar-refractivity contribution in [2.24, 2.45) is 0 Å². The summed E-state index contributed by atoms with van der Waals surface area (Å²) in [6.07, 6.45) is 3.20. The molecule has 1 aromatic rings. The molecule has 132 valence electrons. The first-order chi connectivity index (χ1) is 11.1. The van der Waals surface area contributed by atoms with E-state index in [4.69, 9.17) is 0 Å². The van der Waals surface area contributed by atoms with Gasteiger partial charge in [-0.3, -0.25) is 19.8 Å². The molecular formula is C17H24BrN3O3. The molecule has 2 saturated heterocycles. The van der Waals surface area contributed by atoms with E-state index in [2.05, 4.69) is 4.90 Å². The van der Waals surface area contributed by atoms with Gasteiger partial charge in [0.1, 0.15) is 0 Å². The molecule has 0 unspecified atom stereocenters. The lowest BCUT2D eigenvalue weighted by Crippen LogP contribution is -3.00. The van der Waals surface area contributed by atoms with E-state index in [1.807, 2.05) is 0 Å². The number of non-ortho nitro benzene ring substituents is 1. The van der Waals surface area contributed by atoms with Crippen molar-refractivity contribution in [3.8, 4) is 0 Å². The van der Waals surface area contributed by atoms with E-state index in [-0.39, 0.29) is 28.5 Å². The minimum Gasteiger partial charge on any atom is -1.00 e. The molecule has 7 heteroatoms. The summed E-state index contributed by atoms with van der Waals surface area (Å²) < 4.78 is 1.28. The third-order valence-electron chi connectivity index (χ3n) is 5.35. The summed E-state index contributed by atoms with van der Waals surface area (Å²) in [4.78, 5) is 24.8. The van der Waals surface area contributed by atoms with Crippen molar-refractivity contribution in [1.82, 2.24) is 4.90 Å². The number of piperazine rings is 1. The van der Waals surface area contributed by atoms with Crippen LogP contribution in [0, 0.1) is 10.1 Å². The van der Waals surface area contributed by atoms with Crippen LogP contribution >= 0.6 is 0 Å². The summed E-state index contributed by atoms with van der Waals surface area (Å²) >= 11 is 0. The number of hydrogen-bond acceptors (Lipinski definition) is 4. The average Bonchev–Trinajstić information content (AvgIpc) is 3.02. The van der Waals surface area contributed by atoms with Crippen LogP contribution in [0.5, 0.6) is 0 Å². The van der Waals surface area contributed by atoms with Gasteiger partial charge in [0.25, 0.3) is 5.69 Å². The van der Waals surface area contributed by atoms with Gasteiger partial charge >= 0.3 is 0 Å². The predicted molar refractivity (Wildman–Crippen MR) is 87.4 cm³/mol. The van der Waals surface area contributed by atoms with Crippen molar-refractivity contribution in [1.29, 1.82) is 0 Å². The Morgan fingerprint density at radius 1 is 1.08 bits per heavy atom. The van der Waals surface area contributed by atoms with Crippen LogP contribution in [-0.4, -0.2) is 65.9 Å². The molecule has 1 aromatic carbocycles. The normalized spacial score (nSPS) is 19.8. The monoisotopic (exact) mass is 397 g/mol. The zero-order chi connectivity index (χ0) is 16.3. The highest BCUT2D eigenvalue weighted by Crippen LogP contribution is 2.22. The molecule has 0 saturated carbocycles. The standard InChI is InChI=1S/C17H24N3O3.BrH/c21-17(15-3-5-16(6-4-15)19(22)23)7-8-18-9-13-20(14-10-18)11-1-2-12-20;/h3-6H,1-2,7-14H2;1H/q+1;/p-1. The number of quaternary nitrogens is 1. The third-order valence-corrected chi connectivity index (χ3v) is 5.35. The topological polar surface area (TPSA) is 63.5 Å². The second-order valence-corrected chi connectivity index (χ2v) is 6.76. The van der Waals surface area contributed by atoms with Crippen LogP contribution in [0.15, 0.2) is 24.3 Å². The second kappa shape index (κ2) is 8.18. The van der Waals surface area contributed by atoms with Gasteiger partial charge in [0, 0.05) is 56.6 Å². The molecule has 2 heterocycles. The van der Waals surface area contributed by atoms with Crippen LogP contribution in [0.1, 0.15) is 29.6 Å². The molecule has 24 heavy (non-hydrogen) atoms. The van der Waals surface area contributed by atoms with Crippen LogP contribution in [0.4, 0.5) is 5.69 Å². The molecular weight excluding hydrogens is 374 g/mol. The van der Waals surface area contributed by atoms with Crippen LogP contribution in [0.25, 0.3) is 0 Å². The van der Waals surface area contributed by atoms with E-state index in [0.29, 0.717) is 12.0 Å². The lowest BCUT2D eigenvalue weighted by molar-refractivity contribution is -0.920. The highest BCUT2D eigenvalue weighted by atomic mass is 79.9. The lowest BCUT2D eigenvalue weighted by Gasteiger charge is -2.42. The summed E-state index contributed by atoms with van der Waals surface area (Å²) in [7, 11) is 0.